The molecule has 0 bridgehead atoms. The minimum atomic E-state index is -2.37. The Kier molecular flexibility index (Phi) is 3.84. The summed E-state index contributed by atoms with van der Waals surface area (Å²) in [7, 11) is 0. The summed E-state index contributed by atoms with van der Waals surface area (Å²) < 4.78 is 89.7. The normalized spacial score (nSPS) is 11.5. The molecule has 142 valence electrons. The third-order valence-electron chi connectivity index (χ3n) is 4.19. The van der Waals surface area contributed by atoms with Crippen LogP contribution in [0.25, 0.3) is 33.4 Å². The summed E-state index contributed by atoms with van der Waals surface area (Å²) in [6, 6.07) is 4.38. The van der Waals surface area contributed by atoms with E-state index in [1.165, 1.54) is 0 Å². The molecule has 0 aromatic heterocycles. The predicted octanol–water partition coefficient (Wildman–Crippen LogP) is 5.11. The number of phenolic OH excluding ortho intramolecular Hbond substituents is 1. The van der Waals surface area contributed by atoms with Gasteiger partial charge in [0.2, 0.25) is 5.82 Å². The maximum atomic E-state index is 14.5. The zero-order valence-corrected chi connectivity index (χ0v) is 13.4. The molecule has 0 unspecified atom stereocenters. The molecule has 0 spiro atoms. The lowest BCUT2D eigenvalue weighted by Crippen LogP contribution is -2.08. The molecule has 9 heteroatoms. The number of halogens is 6. The van der Waals surface area contributed by atoms with Gasteiger partial charge in [-0.15, -0.1) is 0 Å². The summed E-state index contributed by atoms with van der Waals surface area (Å²) >= 11 is 0. The van der Waals surface area contributed by atoms with Gasteiger partial charge < -0.3 is 9.52 Å². The van der Waals surface area contributed by atoms with E-state index in [2.05, 4.69) is 0 Å². The summed E-state index contributed by atoms with van der Waals surface area (Å²) in [5.41, 5.74) is -3.86. The summed E-state index contributed by atoms with van der Waals surface area (Å²) in [4.78, 5) is 11.6. The third kappa shape index (κ3) is 2.43. The Morgan fingerprint density at radius 1 is 0.714 bits per heavy atom. The highest BCUT2D eigenvalue weighted by atomic mass is 19.2. The van der Waals surface area contributed by atoms with Crippen molar-refractivity contribution in [2.75, 3.05) is 0 Å². The maximum Gasteiger partial charge on any atom is 0.200 e. The van der Waals surface area contributed by atoms with Crippen LogP contribution in [0.4, 0.5) is 26.3 Å². The van der Waals surface area contributed by atoms with Crippen molar-refractivity contribution in [3.63, 3.8) is 0 Å². The second-order valence-corrected chi connectivity index (χ2v) is 5.88. The standard InChI is InChI=1S/C19H6F6O3/c20-9-3-7(27)5-11-13(9)12(8-2-1-6(26)4-10(8)28-11)14-15(21)17(23)19(25)18(24)16(14)22/h1-5,26H. The van der Waals surface area contributed by atoms with Crippen molar-refractivity contribution in [3.05, 3.63) is 75.5 Å². The smallest absolute Gasteiger partial charge is 0.200 e. The zero-order chi connectivity index (χ0) is 20.3. The fraction of sp³-hybridized carbons (Fsp3) is 0. The maximum absolute atomic E-state index is 14.5. The molecule has 4 rings (SSSR count). The SMILES string of the molecule is O=c1cc2oc3cc(O)ccc3c(-c3c(F)c(F)c(F)c(F)c3F)c-2c(F)c1. The molecule has 1 heterocycles. The third-order valence-corrected chi connectivity index (χ3v) is 4.19. The molecule has 2 aliphatic rings. The first-order valence-electron chi connectivity index (χ1n) is 7.61. The van der Waals surface area contributed by atoms with E-state index >= 15 is 0 Å². The predicted molar refractivity (Wildman–Crippen MR) is 86.0 cm³/mol. The van der Waals surface area contributed by atoms with Crippen molar-refractivity contribution in [2.24, 2.45) is 0 Å². The van der Waals surface area contributed by atoms with E-state index in [0.29, 0.717) is 6.07 Å². The molecule has 0 saturated heterocycles. The molecular formula is C19H6F6O3. The Hall–Kier alpha value is -3.49. The van der Waals surface area contributed by atoms with Crippen molar-refractivity contribution in [1.29, 1.82) is 0 Å². The van der Waals surface area contributed by atoms with Crippen LogP contribution in [0.1, 0.15) is 0 Å². The Bertz CT molecular complexity index is 1280. The summed E-state index contributed by atoms with van der Waals surface area (Å²) in [5, 5.41) is 9.35. The van der Waals surface area contributed by atoms with Crippen molar-refractivity contribution in [3.8, 4) is 28.2 Å². The molecule has 0 amide bonds. The Morgan fingerprint density at radius 3 is 1.96 bits per heavy atom. The van der Waals surface area contributed by atoms with Crippen LogP contribution in [-0.4, -0.2) is 5.11 Å². The first kappa shape index (κ1) is 17.9. The highest BCUT2D eigenvalue weighted by molar-refractivity contribution is 6.02. The van der Waals surface area contributed by atoms with Gasteiger partial charge >= 0.3 is 0 Å². The molecule has 1 aliphatic heterocycles. The molecule has 0 saturated carbocycles. The van der Waals surface area contributed by atoms with Crippen LogP contribution in [0, 0.1) is 34.9 Å². The van der Waals surface area contributed by atoms with Crippen LogP contribution in [0.2, 0.25) is 0 Å². The van der Waals surface area contributed by atoms with Crippen molar-refractivity contribution in [1.82, 2.24) is 0 Å². The van der Waals surface area contributed by atoms with E-state index in [1.807, 2.05) is 0 Å². The highest BCUT2D eigenvalue weighted by Crippen LogP contribution is 2.44. The first-order valence-corrected chi connectivity index (χ1v) is 7.61. The lowest BCUT2D eigenvalue weighted by molar-refractivity contribution is 0.381. The van der Waals surface area contributed by atoms with E-state index in [-0.39, 0.29) is 16.7 Å². The lowest BCUT2D eigenvalue weighted by Gasteiger charge is -2.17. The van der Waals surface area contributed by atoms with Gasteiger partial charge in [0.1, 0.15) is 22.9 Å². The summed E-state index contributed by atoms with van der Waals surface area (Å²) in [5.74, 6) is -13.3. The molecule has 3 nitrogen and oxygen atoms in total. The number of aromatic hydroxyl groups is 1. The molecule has 1 aliphatic carbocycles. The molecule has 0 fully saturated rings. The van der Waals surface area contributed by atoms with E-state index in [0.717, 1.165) is 24.3 Å². The quantitative estimate of drug-likeness (QED) is 0.211. The fourth-order valence-corrected chi connectivity index (χ4v) is 3.02. The topological polar surface area (TPSA) is 50.4 Å². The number of benzene rings is 3. The van der Waals surface area contributed by atoms with Crippen LogP contribution in [-0.2, 0) is 0 Å². The molecule has 2 aromatic carbocycles. The Labute approximate surface area is 151 Å². The van der Waals surface area contributed by atoms with Gasteiger partial charge in [0.05, 0.1) is 11.1 Å². The molecule has 1 N–H and O–H groups in total. The highest BCUT2D eigenvalue weighted by Gasteiger charge is 2.31. The zero-order valence-electron chi connectivity index (χ0n) is 13.4. The second kappa shape index (κ2) is 6.01. The van der Waals surface area contributed by atoms with Crippen LogP contribution in [0.5, 0.6) is 5.75 Å². The average Bonchev–Trinajstić information content (AvgIpc) is 2.63. The second-order valence-electron chi connectivity index (χ2n) is 5.88. The van der Waals surface area contributed by atoms with Gasteiger partial charge in [0.15, 0.2) is 28.7 Å². The molecular weight excluding hydrogens is 390 g/mol. The van der Waals surface area contributed by atoms with Gasteiger partial charge in [0, 0.05) is 29.1 Å². The van der Waals surface area contributed by atoms with Gasteiger partial charge in [-0.05, 0) is 12.1 Å². The number of fused-ring (bicyclic) bond motifs is 2. The number of phenols is 1. The van der Waals surface area contributed by atoms with Crippen LogP contribution >= 0.6 is 0 Å². The average molecular weight is 396 g/mol. The largest absolute Gasteiger partial charge is 0.508 e. The lowest BCUT2D eigenvalue weighted by atomic mass is 9.92. The molecule has 0 atom stereocenters. The van der Waals surface area contributed by atoms with Crippen molar-refractivity contribution < 1.29 is 35.9 Å². The van der Waals surface area contributed by atoms with Crippen molar-refractivity contribution in [2.45, 2.75) is 0 Å². The van der Waals surface area contributed by atoms with Crippen LogP contribution in [0.3, 0.4) is 0 Å². The Balaban J connectivity index is 2.32. The molecule has 0 radical (unpaired) electrons. The van der Waals surface area contributed by atoms with Crippen LogP contribution in [0.15, 0.2) is 39.5 Å². The fourth-order valence-electron chi connectivity index (χ4n) is 3.02. The number of rotatable bonds is 1. The molecule has 28 heavy (non-hydrogen) atoms. The van der Waals surface area contributed by atoms with E-state index in [9.17, 15) is 36.2 Å². The minimum absolute atomic E-state index is 0.244. The van der Waals surface area contributed by atoms with Crippen LogP contribution < -0.4 is 5.43 Å². The Morgan fingerprint density at radius 2 is 1.32 bits per heavy atom. The first-order chi connectivity index (χ1) is 13.2. The summed E-state index contributed by atoms with van der Waals surface area (Å²) in [6.45, 7) is 0. The van der Waals surface area contributed by atoms with Gasteiger partial charge in [-0.1, -0.05) is 0 Å². The monoisotopic (exact) mass is 396 g/mol. The van der Waals surface area contributed by atoms with Gasteiger partial charge in [-0.2, -0.15) is 0 Å². The summed E-state index contributed by atoms with van der Waals surface area (Å²) in [6.07, 6.45) is 0. The van der Waals surface area contributed by atoms with Gasteiger partial charge in [-0.25, -0.2) is 26.3 Å². The van der Waals surface area contributed by atoms with Crippen molar-refractivity contribution >= 4 is 11.0 Å². The molecule has 2 aromatic rings. The van der Waals surface area contributed by atoms with E-state index in [4.69, 9.17) is 4.42 Å². The van der Waals surface area contributed by atoms with Gasteiger partial charge in [-0.3, -0.25) is 4.79 Å². The minimum Gasteiger partial charge on any atom is -0.508 e. The van der Waals surface area contributed by atoms with E-state index in [1.54, 1.807) is 0 Å². The van der Waals surface area contributed by atoms with E-state index < -0.39 is 62.8 Å². The number of hydrogen-bond donors (Lipinski definition) is 1. The van der Waals surface area contributed by atoms with Gasteiger partial charge in [0.25, 0.3) is 0 Å². The number of hydrogen-bond acceptors (Lipinski definition) is 3.